The van der Waals surface area contributed by atoms with Gasteiger partial charge in [0.1, 0.15) is 0 Å². The van der Waals surface area contributed by atoms with Crippen LogP contribution in [0.15, 0.2) is 12.1 Å². The zero-order valence-corrected chi connectivity index (χ0v) is 11.2. The molecule has 0 bridgehead atoms. The van der Waals surface area contributed by atoms with Crippen molar-refractivity contribution >= 4 is 5.69 Å². The smallest absolute Gasteiger partial charge is 0.278 e. The van der Waals surface area contributed by atoms with Crippen LogP contribution in [0, 0.1) is 10.1 Å². The van der Waals surface area contributed by atoms with Crippen LogP contribution < -0.4 is 9.47 Å². The first kappa shape index (κ1) is 15.2. The van der Waals surface area contributed by atoms with Crippen LogP contribution in [0.5, 0.6) is 11.5 Å². The van der Waals surface area contributed by atoms with E-state index in [1.54, 1.807) is 0 Å². The van der Waals surface area contributed by atoms with Crippen LogP contribution in [0.1, 0.15) is 31.7 Å². The lowest BCUT2D eigenvalue weighted by Crippen LogP contribution is -2.02. The number of rotatable bonds is 8. The summed E-state index contributed by atoms with van der Waals surface area (Å²) in [4.78, 5) is 10.4. The van der Waals surface area contributed by atoms with Crippen LogP contribution in [-0.4, -0.2) is 23.7 Å². The highest BCUT2D eigenvalue weighted by Gasteiger charge is 2.19. The van der Waals surface area contributed by atoms with Gasteiger partial charge in [0.05, 0.1) is 36.9 Å². The van der Waals surface area contributed by atoms with Crippen molar-refractivity contribution in [1.82, 2.24) is 0 Å². The molecule has 106 valence electrons. The second-order valence-electron chi connectivity index (χ2n) is 4.10. The van der Waals surface area contributed by atoms with Gasteiger partial charge in [-0.15, -0.1) is 0 Å². The summed E-state index contributed by atoms with van der Waals surface area (Å²) in [5, 5.41) is 20.0. The van der Waals surface area contributed by atoms with E-state index in [0.29, 0.717) is 18.1 Å². The van der Waals surface area contributed by atoms with Crippen molar-refractivity contribution < 1.29 is 19.5 Å². The fraction of sp³-hybridized carbons (Fsp3) is 0.538. The molecule has 0 aromatic heterocycles. The molecule has 0 atom stereocenters. The van der Waals surface area contributed by atoms with E-state index in [0.717, 1.165) is 19.3 Å². The minimum atomic E-state index is -0.538. The van der Waals surface area contributed by atoms with Crippen molar-refractivity contribution in [2.75, 3.05) is 13.7 Å². The van der Waals surface area contributed by atoms with Crippen LogP contribution in [0.4, 0.5) is 5.69 Å². The Morgan fingerprint density at radius 2 is 2.05 bits per heavy atom. The van der Waals surface area contributed by atoms with E-state index in [2.05, 4.69) is 6.92 Å². The second kappa shape index (κ2) is 7.58. The first-order valence-electron chi connectivity index (χ1n) is 6.23. The third kappa shape index (κ3) is 4.10. The molecule has 19 heavy (non-hydrogen) atoms. The van der Waals surface area contributed by atoms with Crippen LogP contribution in [0.25, 0.3) is 0 Å². The van der Waals surface area contributed by atoms with Gasteiger partial charge in [-0.2, -0.15) is 0 Å². The molecule has 0 aliphatic rings. The third-order valence-electron chi connectivity index (χ3n) is 2.74. The molecule has 1 aromatic rings. The fourth-order valence-electron chi connectivity index (χ4n) is 1.69. The molecule has 0 radical (unpaired) electrons. The Morgan fingerprint density at radius 3 is 2.58 bits per heavy atom. The highest BCUT2D eigenvalue weighted by molar-refractivity contribution is 5.54. The van der Waals surface area contributed by atoms with Gasteiger partial charge in [-0.1, -0.05) is 19.8 Å². The summed E-state index contributed by atoms with van der Waals surface area (Å²) in [7, 11) is 1.46. The normalized spacial score (nSPS) is 10.3. The maximum atomic E-state index is 10.9. The lowest BCUT2D eigenvalue weighted by Gasteiger charge is -2.12. The van der Waals surface area contributed by atoms with Crippen molar-refractivity contribution in [1.29, 1.82) is 0 Å². The largest absolute Gasteiger partial charge is 0.493 e. The summed E-state index contributed by atoms with van der Waals surface area (Å²) >= 11 is 0. The highest BCUT2D eigenvalue weighted by atomic mass is 16.6. The summed E-state index contributed by atoms with van der Waals surface area (Å²) < 4.78 is 10.6. The van der Waals surface area contributed by atoms with E-state index in [-0.39, 0.29) is 11.3 Å². The number of benzene rings is 1. The van der Waals surface area contributed by atoms with E-state index in [4.69, 9.17) is 14.6 Å². The van der Waals surface area contributed by atoms with Crippen molar-refractivity contribution in [3.63, 3.8) is 0 Å². The van der Waals surface area contributed by atoms with Gasteiger partial charge in [0.25, 0.3) is 5.69 Å². The Labute approximate surface area is 112 Å². The molecule has 1 rings (SSSR count). The summed E-state index contributed by atoms with van der Waals surface area (Å²) in [6, 6.07) is 2.74. The Kier molecular flexibility index (Phi) is 6.08. The van der Waals surface area contributed by atoms with E-state index in [1.165, 1.54) is 19.2 Å². The fourth-order valence-corrected chi connectivity index (χ4v) is 1.69. The molecule has 0 unspecified atom stereocenters. The van der Waals surface area contributed by atoms with Gasteiger partial charge in [0, 0.05) is 0 Å². The lowest BCUT2D eigenvalue weighted by molar-refractivity contribution is -0.385. The van der Waals surface area contributed by atoms with Gasteiger partial charge in [-0.3, -0.25) is 10.1 Å². The number of hydrogen-bond acceptors (Lipinski definition) is 5. The molecule has 0 fully saturated rings. The number of aliphatic hydroxyl groups excluding tert-OH is 1. The molecule has 6 nitrogen and oxygen atoms in total. The minimum absolute atomic E-state index is 0.159. The predicted octanol–water partition coefficient (Wildman–Crippen LogP) is 2.66. The van der Waals surface area contributed by atoms with E-state index >= 15 is 0 Å². The second-order valence-corrected chi connectivity index (χ2v) is 4.10. The predicted molar refractivity (Wildman–Crippen MR) is 70.6 cm³/mol. The molecular weight excluding hydrogens is 250 g/mol. The first-order valence-corrected chi connectivity index (χ1v) is 6.23. The van der Waals surface area contributed by atoms with Gasteiger partial charge >= 0.3 is 0 Å². The molecule has 0 spiro atoms. The summed E-state index contributed by atoms with van der Waals surface area (Å²) in [6.45, 7) is 2.16. The van der Waals surface area contributed by atoms with Crippen LogP contribution >= 0.6 is 0 Å². The summed E-state index contributed by atoms with van der Waals surface area (Å²) in [5.41, 5.74) is 0.0524. The summed E-state index contributed by atoms with van der Waals surface area (Å²) in [6.07, 6.45) is 3.00. The quantitative estimate of drug-likeness (QED) is 0.445. The molecule has 0 heterocycles. The molecule has 1 aromatic carbocycles. The topological polar surface area (TPSA) is 81.8 Å². The number of nitrogens with zero attached hydrogens (tertiary/aromatic N) is 1. The molecule has 0 saturated carbocycles. The number of nitro benzene ring substituents is 1. The van der Waals surface area contributed by atoms with E-state index in [9.17, 15) is 10.1 Å². The number of ether oxygens (including phenoxy) is 2. The van der Waals surface area contributed by atoms with Gasteiger partial charge in [0.15, 0.2) is 11.5 Å². The number of nitro groups is 1. The Morgan fingerprint density at radius 1 is 1.32 bits per heavy atom. The molecule has 0 saturated heterocycles. The molecule has 0 aliphatic carbocycles. The van der Waals surface area contributed by atoms with E-state index in [1.807, 2.05) is 0 Å². The van der Waals surface area contributed by atoms with Crippen LogP contribution in [0.2, 0.25) is 0 Å². The number of unbranched alkanes of at least 4 members (excludes halogenated alkanes) is 2. The van der Waals surface area contributed by atoms with Crippen LogP contribution in [-0.2, 0) is 6.61 Å². The standard InChI is InChI=1S/C13H19NO5/c1-3-4-5-6-19-13-8-11(14(16)17)10(9-15)7-12(13)18-2/h7-8,15H,3-6,9H2,1-2H3. The van der Waals surface area contributed by atoms with Crippen molar-refractivity contribution in [3.05, 3.63) is 27.8 Å². The zero-order valence-electron chi connectivity index (χ0n) is 11.2. The Hall–Kier alpha value is -1.82. The molecule has 6 heteroatoms. The molecule has 0 amide bonds. The van der Waals surface area contributed by atoms with E-state index < -0.39 is 11.5 Å². The van der Waals surface area contributed by atoms with Crippen molar-refractivity contribution in [2.24, 2.45) is 0 Å². The molecule has 1 N–H and O–H groups in total. The maximum Gasteiger partial charge on any atom is 0.278 e. The minimum Gasteiger partial charge on any atom is -0.493 e. The Bertz CT molecular complexity index is 433. The number of hydrogen-bond donors (Lipinski definition) is 1. The monoisotopic (exact) mass is 269 g/mol. The molecule has 0 aliphatic heterocycles. The number of aliphatic hydroxyl groups is 1. The number of methoxy groups -OCH3 is 1. The average Bonchev–Trinajstić information content (AvgIpc) is 2.42. The maximum absolute atomic E-state index is 10.9. The SMILES string of the molecule is CCCCCOc1cc([N+](=O)[O-])c(CO)cc1OC. The lowest BCUT2D eigenvalue weighted by atomic mass is 10.1. The van der Waals surface area contributed by atoms with Gasteiger partial charge in [0.2, 0.25) is 0 Å². The third-order valence-corrected chi connectivity index (χ3v) is 2.74. The first-order chi connectivity index (χ1) is 9.13. The summed E-state index contributed by atoms with van der Waals surface area (Å²) in [5.74, 6) is 0.730. The Balaban J connectivity index is 2.94. The van der Waals surface area contributed by atoms with Crippen molar-refractivity contribution in [2.45, 2.75) is 32.8 Å². The highest BCUT2D eigenvalue weighted by Crippen LogP contribution is 2.34. The van der Waals surface area contributed by atoms with Gasteiger partial charge < -0.3 is 14.6 Å². The van der Waals surface area contributed by atoms with Crippen LogP contribution in [0.3, 0.4) is 0 Å². The average molecular weight is 269 g/mol. The zero-order chi connectivity index (χ0) is 14.3. The molecular formula is C13H19NO5. The van der Waals surface area contributed by atoms with Crippen molar-refractivity contribution in [3.8, 4) is 11.5 Å². The van der Waals surface area contributed by atoms with Gasteiger partial charge in [-0.05, 0) is 12.5 Å². The van der Waals surface area contributed by atoms with Gasteiger partial charge in [-0.25, -0.2) is 0 Å².